The van der Waals surface area contributed by atoms with Crippen LogP contribution in [0.25, 0.3) is 10.9 Å². The highest BCUT2D eigenvalue weighted by atomic mass is 35.5. The molecule has 4 rings (SSSR count). The smallest absolute Gasteiger partial charge is 0.119 e. The average Bonchev–Trinajstić information content (AvgIpc) is 3.19. The number of fused-ring (bicyclic) bond motifs is 1. The molecule has 2 heterocycles. The van der Waals surface area contributed by atoms with Crippen LogP contribution in [0.15, 0.2) is 67.4 Å². The van der Waals surface area contributed by atoms with E-state index in [-0.39, 0.29) is 0 Å². The summed E-state index contributed by atoms with van der Waals surface area (Å²) in [5, 5.41) is 9.79. The normalized spacial score (nSPS) is 11.2. The molecule has 0 aliphatic rings. The first-order chi connectivity index (χ1) is 11.3. The van der Waals surface area contributed by atoms with E-state index in [0.717, 1.165) is 23.7 Å². The Balaban J connectivity index is 1.76. The zero-order valence-electron chi connectivity index (χ0n) is 12.4. The van der Waals surface area contributed by atoms with Crippen molar-refractivity contribution in [2.24, 2.45) is 0 Å². The molecule has 0 radical (unpaired) electrons. The van der Waals surface area contributed by atoms with Crippen LogP contribution in [0.3, 0.4) is 0 Å². The van der Waals surface area contributed by atoms with Crippen molar-refractivity contribution < 1.29 is 0 Å². The van der Waals surface area contributed by atoms with Gasteiger partial charge in [0.25, 0.3) is 0 Å². The Bertz CT molecular complexity index is 941. The molecular weight excluding hydrogens is 308 g/mol. The Morgan fingerprint density at radius 2 is 1.57 bits per heavy atom. The molecular formula is C18H15ClN4. The van der Waals surface area contributed by atoms with Crippen molar-refractivity contribution >= 4 is 22.5 Å². The lowest BCUT2D eigenvalue weighted by Gasteiger charge is -2.07. The maximum Gasteiger partial charge on any atom is 0.119 e. The second-order valence-corrected chi connectivity index (χ2v) is 5.93. The number of hydrogen-bond donors (Lipinski definition) is 0. The maximum absolute atomic E-state index is 6.31. The third-order valence-corrected chi connectivity index (χ3v) is 4.36. The van der Waals surface area contributed by atoms with Crippen LogP contribution in [0.5, 0.6) is 0 Å². The molecule has 5 heteroatoms. The van der Waals surface area contributed by atoms with Gasteiger partial charge in [0.15, 0.2) is 0 Å². The summed E-state index contributed by atoms with van der Waals surface area (Å²) in [5.74, 6) is 0. The summed E-state index contributed by atoms with van der Waals surface area (Å²) in [6.07, 6.45) is 5.66. The van der Waals surface area contributed by atoms with E-state index < -0.39 is 0 Å². The van der Waals surface area contributed by atoms with Gasteiger partial charge in [0.2, 0.25) is 0 Å². The van der Waals surface area contributed by atoms with E-state index in [0.29, 0.717) is 0 Å². The second kappa shape index (κ2) is 5.89. The highest BCUT2D eigenvalue weighted by Gasteiger charge is 2.10. The third kappa shape index (κ3) is 2.73. The van der Waals surface area contributed by atoms with Crippen LogP contribution in [0.2, 0.25) is 5.02 Å². The maximum atomic E-state index is 6.31. The van der Waals surface area contributed by atoms with Crippen LogP contribution < -0.4 is 0 Å². The molecule has 0 unspecified atom stereocenters. The molecule has 4 aromatic rings. The van der Waals surface area contributed by atoms with E-state index in [2.05, 4.69) is 51.3 Å². The monoisotopic (exact) mass is 322 g/mol. The number of aromatic nitrogens is 4. The Kier molecular flexibility index (Phi) is 3.60. The molecule has 0 N–H and O–H groups in total. The summed E-state index contributed by atoms with van der Waals surface area (Å²) < 4.78 is 4.22. The SMILES string of the molecule is Clc1ccccc1Cn1cc(Cn2cnnc2)c2ccccc21. The highest BCUT2D eigenvalue weighted by Crippen LogP contribution is 2.25. The quantitative estimate of drug-likeness (QED) is 0.569. The van der Waals surface area contributed by atoms with E-state index in [1.54, 1.807) is 12.7 Å². The van der Waals surface area contributed by atoms with E-state index >= 15 is 0 Å². The Morgan fingerprint density at radius 3 is 2.39 bits per heavy atom. The van der Waals surface area contributed by atoms with Gasteiger partial charge >= 0.3 is 0 Å². The van der Waals surface area contributed by atoms with Gasteiger partial charge in [-0.3, -0.25) is 0 Å². The zero-order valence-corrected chi connectivity index (χ0v) is 13.2. The lowest BCUT2D eigenvalue weighted by Crippen LogP contribution is -1.99. The van der Waals surface area contributed by atoms with Gasteiger partial charge in [-0.05, 0) is 23.3 Å². The molecule has 0 amide bonds. The summed E-state index contributed by atoms with van der Waals surface area (Å²) >= 11 is 6.31. The molecule has 0 aliphatic carbocycles. The largest absolute Gasteiger partial charge is 0.343 e. The molecule has 0 spiro atoms. The fourth-order valence-corrected chi connectivity index (χ4v) is 3.09. The van der Waals surface area contributed by atoms with Crippen molar-refractivity contribution in [3.63, 3.8) is 0 Å². The molecule has 0 saturated heterocycles. The van der Waals surface area contributed by atoms with Gasteiger partial charge in [0, 0.05) is 28.7 Å². The highest BCUT2D eigenvalue weighted by molar-refractivity contribution is 6.31. The molecule has 4 nitrogen and oxygen atoms in total. The molecule has 0 fully saturated rings. The molecule has 23 heavy (non-hydrogen) atoms. The number of benzene rings is 2. The summed E-state index contributed by atoms with van der Waals surface area (Å²) in [4.78, 5) is 0. The minimum atomic E-state index is 0.752. The molecule has 2 aromatic heterocycles. The Labute approximate surface area is 139 Å². The van der Waals surface area contributed by atoms with Gasteiger partial charge in [-0.1, -0.05) is 48.0 Å². The van der Waals surface area contributed by atoms with Gasteiger partial charge in [-0.25, -0.2) is 0 Å². The molecule has 0 bridgehead atoms. The number of para-hydroxylation sites is 1. The number of hydrogen-bond acceptors (Lipinski definition) is 2. The van der Waals surface area contributed by atoms with E-state index in [9.17, 15) is 0 Å². The van der Waals surface area contributed by atoms with Crippen LogP contribution >= 0.6 is 11.6 Å². The predicted octanol–water partition coefficient (Wildman–Crippen LogP) is 3.98. The van der Waals surface area contributed by atoms with Gasteiger partial charge in [-0.2, -0.15) is 0 Å². The second-order valence-electron chi connectivity index (χ2n) is 5.53. The zero-order chi connectivity index (χ0) is 15.6. The van der Waals surface area contributed by atoms with Crippen LogP contribution in [-0.2, 0) is 13.1 Å². The molecule has 0 aliphatic heterocycles. The Morgan fingerprint density at radius 1 is 0.826 bits per heavy atom. The Hall–Kier alpha value is -2.59. The van der Waals surface area contributed by atoms with Crippen molar-refractivity contribution in [2.75, 3.05) is 0 Å². The van der Waals surface area contributed by atoms with E-state index in [1.807, 2.05) is 22.8 Å². The van der Waals surface area contributed by atoms with Crippen molar-refractivity contribution in [2.45, 2.75) is 13.1 Å². The molecule has 0 atom stereocenters. The minimum Gasteiger partial charge on any atom is -0.343 e. The standard InChI is InChI=1S/C18H15ClN4/c19-17-7-3-1-5-14(17)10-23-11-15(9-22-12-20-21-13-22)16-6-2-4-8-18(16)23/h1-8,11-13H,9-10H2. The van der Waals surface area contributed by atoms with Gasteiger partial charge in [0.1, 0.15) is 12.7 Å². The fraction of sp³-hybridized carbons (Fsp3) is 0.111. The van der Waals surface area contributed by atoms with Gasteiger partial charge in [0.05, 0.1) is 6.54 Å². The molecule has 2 aromatic carbocycles. The van der Waals surface area contributed by atoms with Gasteiger partial charge < -0.3 is 9.13 Å². The first-order valence-corrected chi connectivity index (χ1v) is 7.81. The van der Waals surface area contributed by atoms with Crippen molar-refractivity contribution in [1.82, 2.24) is 19.3 Å². The molecule has 0 saturated carbocycles. The lowest BCUT2D eigenvalue weighted by atomic mass is 10.2. The third-order valence-electron chi connectivity index (χ3n) is 3.99. The summed E-state index contributed by atoms with van der Waals surface area (Å²) in [6, 6.07) is 16.4. The van der Waals surface area contributed by atoms with Crippen LogP contribution in [0, 0.1) is 0 Å². The van der Waals surface area contributed by atoms with Crippen LogP contribution in [0.1, 0.15) is 11.1 Å². The van der Waals surface area contributed by atoms with Crippen LogP contribution in [0.4, 0.5) is 0 Å². The van der Waals surface area contributed by atoms with Crippen LogP contribution in [-0.4, -0.2) is 19.3 Å². The lowest BCUT2D eigenvalue weighted by molar-refractivity contribution is 0.780. The molecule has 114 valence electrons. The average molecular weight is 323 g/mol. The van der Waals surface area contributed by atoms with E-state index in [1.165, 1.54) is 16.5 Å². The number of nitrogens with zero attached hydrogens (tertiary/aromatic N) is 4. The van der Waals surface area contributed by atoms with E-state index in [4.69, 9.17) is 11.6 Å². The summed E-state index contributed by atoms with van der Waals surface area (Å²) in [6.45, 7) is 1.51. The topological polar surface area (TPSA) is 35.6 Å². The number of halogens is 1. The summed E-state index contributed by atoms with van der Waals surface area (Å²) in [7, 11) is 0. The van der Waals surface area contributed by atoms with Gasteiger partial charge in [-0.15, -0.1) is 10.2 Å². The minimum absolute atomic E-state index is 0.752. The first kappa shape index (κ1) is 14.0. The summed E-state index contributed by atoms with van der Waals surface area (Å²) in [5.41, 5.74) is 3.56. The number of rotatable bonds is 4. The van der Waals surface area contributed by atoms with Crippen molar-refractivity contribution in [1.29, 1.82) is 0 Å². The first-order valence-electron chi connectivity index (χ1n) is 7.44. The predicted molar refractivity (Wildman–Crippen MR) is 91.6 cm³/mol. The fourth-order valence-electron chi connectivity index (χ4n) is 2.89. The van der Waals surface area contributed by atoms with Crippen molar-refractivity contribution in [3.05, 3.63) is 83.5 Å². The van der Waals surface area contributed by atoms with Crippen molar-refractivity contribution in [3.8, 4) is 0 Å².